The fourth-order valence-corrected chi connectivity index (χ4v) is 3.23. The van der Waals surface area contributed by atoms with Crippen LogP contribution in [0.4, 0.5) is 5.69 Å². The molecule has 118 valence electrons. The van der Waals surface area contributed by atoms with Gasteiger partial charge in [0.05, 0.1) is 13.7 Å². The van der Waals surface area contributed by atoms with Gasteiger partial charge in [0, 0.05) is 32.4 Å². The van der Waals surface area contributed by atoms with Crippen molar-refractivity contribution >= 4 is 21.6 Å². The standard InChI is InChI=1S/C13H21N3O4S/c1-5-16(9-13(17)15(2)3)21(18,19)12-7-6-10(14)8-11(12)20-4/h6-8H,5,9,14H2,1-4H3. The van der Waals surface area contributed by atoms with E-state index in [0.29, 0.717) is 5.69 Å². The molecule has 0 radical (unpaired) electrons. The van der Waals surface area contributed by atoms with Gasteiger partial charge >= 0.3 is 0 Å². The van der Waals surface area contributed by atoms with Gasteiger partial charge in [-0.05, 0) is 12.1 Å². The van der Waals surface area contributed by atoms with E-state index in [9.17, 15) is 13.2 Å². The van der Waals surface area contributed by atoms with Crippen LogP contribution in [-0.4, -0.2) is 57.8 Å². The lowest BCUT2D eigenvalue weighted by atomic mass is 10.3. The number of nitrogens with two attached hydrogens (primary N) is 1. The molecule has 0 atom stereocenters. The van der Waals surface area contributed by atoms with E-state index in [1.54, 1.807) is 21.0 Å². The Balaban J connectivity index is 3.22. The number of carbonyl (C=O) groups excluding carboxylic acids is 1. The SMILES string of the molecule is CCN(CC(=O)N(C)C)S(=O)(=O)c1ccc(N)cc1OC. The van der Waals surface area contributed by atoms with Gasteiger partial charge in [0.1, 0.15) is 10.6 Å². The van der Waals surface area contributed by atoms with Gasteiger partial charge in [-0.15, -0.1) is 0 Å². The van der Waals surface area contributed by atoms with Crippen molar-refractivity contribution in [1.29, 1.82) is 0 Å². The number of likely N-dealkylation sites (N-methyl/N-ethyl adjacent to an activating group) is 2. The molecule has 1 aromatic carbocycles. The number of amides is 1. The molecule has 0 unspecified atom stereocenters. The van der Waals surface area contributed by atoms with Crippen LogP contribution in [0.3, 0.4) is 0 Å². The van der Waals surface area contributed by atoms with Gasteiger partial charge in [-0.3, -0.25) is 4.79 Å². The van der Waals surface area contributed by atoms with E-state index in [2.05, 4.69) is 0 Å². The predicted molar refractivity (Wildman–Crippen MR) is 80.5 cm³/mol. The summed E-state index contributed by atoms with van der Waals surface area (Å²) in [4.78, 5) is 13.1. The predicted octanol–water partition coefficient (Wildman–Crippen LogP) is 0.376. The lowest BCUT2D eigenvalue weighted by Crippen LogP contribution is -2.40. The smallest absolute Gasteiger partial charge is 0.247 e. The second-order valence-electron chi connectivity index (χ2n) is 4.63. The lowest BCUT2D eigenvalue weighted by molar-refractivity contribution is -0.128. The summed E-state index contributed by atoms with van der Waals surface area (Å²) in [6.45, 7) is 1.62. The summed E-state index contributed by atoms with van der Waals surface area (Å²) >= 11 is 0. The lowest BCUT2D eigenvalue weighted by Gasteiger charge is -2.22. The first kappa shape index (κ1) is 17.3. The molecule has 1 rings (SSSR count). The number of ether oxygens (including phenoxy) is 1. The largest absolute Gasteiger partial charge is 0.495 e. The Labute approximate surface area is 125 Å². The number of carbonyl (C=O) groups is 1. The highest BCUT2D eigenvalue weighted by atomic mass is 32.2. The van der Waals surface area contributed by atoms with Gasteiger partial charge in [0.15, 0.2) is 0 Å². The number of rotatable bonds is 6. The number of nitrogen functional groups attached to an aromatic ring is 1. The van der Waals surface area contributed by atoms with Crippen LogP contribution in [0, 0.1) is 0 Å². The van der Waals surface area contributed by atoms with Crippen molar-refractivity contribution in [1.82, 2.24) is 9.21 Å². The highest BCUT2D eigenvalue weighted by Gasteiger charge is 2.28. The highest BCUT2D eigenvalue weighted by Crippen LogP contribution is 2.28. The molecule has 0 heterocycles. The van der Waals surface area contributed by atoms with E-state index >= 15 is 0 Å². The third-order valence-electron chi connectivity index (χ3n) is 2.97. The number of sulfonamides is 1. The maximum absolute atomic E-state index is 12.6. The van der Waals surface area contributed by atoms with Crippen LogP contribution in [0.2, 0.25) is 0 Å². The summed E-state index contributed by atoms with van der Waals surface area (Å²) in [6, 6.07) is 4.30. The first-order chi connectivity index (χ1) is 9.73. The van der Waals surface area contributed by atoms with Crippen LogP contribution in [0.1, 0.15) is 6.92 Å². The quantitative estimate of drug-likeness (QED) is 0.766. The molecule has 0 aliphatic carbocycles. The summed E-state index contributed by atoms with van der Waals surface area (Å²) in [5.41, 5.74) is 6.03. The molecule has 0 bridgehead atoms. The molecule has 0 fully saturated rings. The molecular formula is C13H21N3O4S. The normalized spacial score (nSPS) is 11.5. The monoisotopic (exact) mass is 315 g/mol. The molecule has 21 heavy (non-hydrogen) atoms. The number of methoxy groups -OCH3 is 1. The fraction of sp³-hybridized carbons (Fsp3) is 0.462. The first-order valence-corrected chi connectivity index (χ1v) is 7.81. The van der Waals surface area contributed by atoms with Crippen molar-refractivity contribution in [2.45, 2.75) is 11.8 Å². The summed E-state index contributed by atoms with van der Waals surface area (Å²) < 4.78 is 31.5. The third-order valence-corrected chi connectivity index (χ3v) is 4.93. The summed E-state index contributed by atoms with van der Waals surface area (Å²) in [5.74, 6) is -0.138. The number of hydrogen-bond acceptors (Lipinski definition) is 5. The minimum atomic E-state index is -3.83. The van der Waals surface area contributed by atoms with Crippen LogP contribution < -0.4 is 10.5 Å². The molecule has 0 saturated carbocycles. The number of hydrogen-bond donors (Lipinski definition) is 1. The van der Waals surface area contributed by atoms with Crippen LogP contribution in [0.15, 0.2) is 23.1 Å². The summed E-state index contributed by atoms with van der Waals surface area (Å²) in [7, 11) is 0.688. The average molecular weight is 315 g/mol. The van der Waals surface area contributed by atoms with E-state index in [-0.39, 0.29) is 29.6 Å². The van der Waals surface area contributed by atoms with Crippen molar-refractivity contribution in [3.05, 3.63) is 18.2 Å². The maximum Gasteiger partial charge on any atom is 0.247 e. The van der Waals surface area contributed by atoms with Gasteiger partial charge in [-0.1, -0.05) is 6.92 Å². The molecule has 1 aromatic rings. The minimum Gasteiger partial charge on any atom is -0.495 e. The fourth-order valence-electron chi connectivity index (χ4n) is 1.70. The second kappa shape index (κ2) is 6.77. The van der Waals surface area contributed by atoms with Crippen molar-refractivity contribution < 1.29 is 17.9 Å². The zero-order valence-corrected chi connectivity index (χ0v) is 13.5. The third kappa shape index (κ3) is 3.85. The van der Waals surface area contributed by atoms with Crippen LogP contribution in [0.25, 0.3) is 0 Å². The topological polar surface area (TPSA) is 92.9 Å². The first-order valence-electron chi connectivity index (χ1n) is 6.37. The van der Waals surface area contributed by atoms with E-state index < -0.39 is 10.0 Å². The molecule has 0 aromatic heterocycles. The molecule has 0 spiro atoms. The Morgan fingerprint density at radius 1 is 1.33 bits per heavy atom. The van der Waals surface area contributed by atoms with Crippen molar-refractivity contribution in [2.75, 3.05) is 40.0 Å². The van der Waals surface area contributed by atoms with E-state index in [1.807, 2.05) is 0 Å². The van der Waals surface area contributed by atoms with Gasteiger partial charge < -0.3 is 15.4 Å². The summed E-state index contributed by atoms with van der Waals surface area (Å²) in [5, 5.41) is 0. The van der Waals surface area contributed by atoms with Crippen molar-refractivity contribution in [2.24, 2.45) is 0 Å². The molecule has 2 N–H and O–H groups in total. The molecule has 1 amide bonds. The van der Waals surface area contributed by atoms with Gasteiger partial charge in [-0.2, -0.15) is 4.31 Å². The summed E-state index contributed by atoms with van der Waals surface area (Å²) in [6.07, 6.45) is 0. The van der Waals surface area contributed by atoms with Gasteiger partial charge in [0.25, 0.3) is 0 Å². The van der Waals surface area contributed by atoms with Crippen molar-refractivity contribution in [3.8, 4) is 5.75 Å². The molecule has 8 heteroatoms. The zero-order chi connectivity index (χ0) is 16.2. The zero-order valence-electron chi connectivity index (χ0n) is 12.7. The van der Waals surface area contributed by atoms with E-state index in [4.69, 9.17) is 10.5 Å². The Hall–Kier alpha value is -1.80. The van der Waals surface area contributed by atoms with Gasteiger partial charge in [-0.25, -0.2) is 8.42 Å². The average Bonchev–Trinajstić information content (AvgIpc) is 2.43. The Morgan fingerprint density at radius 3 is 2.43 bits per heavy atom. The molecule has 0 saturated heterocycles. The Morgan fingerprint density at radius 2 is 1.95 bits per heavy atom. The van der Waals surface area contributed by atoms with Crippen LogP contribution in [-0.2, 0) is 14.8 Å². The number of nitrogens with zero attached hydrogens (tertiary/aromatic N) is 2. The molecule has 0 aliphatic heterocycles. The maximum atomic E-state index is 12.6. The Kier molecular flexibility index (Phi) is 5.56. The van der Waals surface area contributed by atoms with Gasteiger partial charge in [0.2, 0.25) is 15.9 Å². The van der Waals surface area contributed by atoms with Crippen LogP contribution in [0.5, 0.6) is 5.75 Å². The molecular weight excluding hydrogens is 294 g/mol. The number of benzene rings is 1. The Bertz CT molecular complexity index is 614. The second-order valence-corrected chi connectivity index (χ2v) is 6.54. The molecule has 7 nitrogen and oxygen atoms in total. The van der Waals surface area contributed by atoms with E-state index in [1.165, 1.54) is 30.2 Å². The van der Waals surface area contributed by atoms with E-state index in [0.717, 1.165) is 4.31 Å². The minimum absolute atomic E-state index is 0.00685. The number of anilines is 1. The highest BCUT2D eigenvalue weighted by molar-refractivity contribution is 7.89. The van der Waals surface area contributed by atoms with Crippen LogP contribution >= 0.6 is 0 Å². The molecule has 0 aliphatic rings. The van der Waals surface area contributed by atoms with Crippen molar-refractivity contribution in [3.63, 3.8) is 0 Å².